The Morgan fingerprint density at radius 2 is 2.08 bits per heavy atom. The summed E-state index contributed by atoms with van der Waals surface area (Å²) >= 11 is 0.828. The monoisotopic (exact) mass is 181 g/mol. The molecule has 1 rings (SSSR count). The van der Waals surface area contributed by atoms with Crippen molar-refractivity contribution < 1.29 is 8.98 Å². The average molecular weight is 181 g/mol. The molecule has 12 heavy (non-hydrogen) atoms. The third-order valence-electron chi connectivity index (χ3n) is 1.23. The maximum atomic E-state index is 11.2. The zero-order valence-electron chi connectivity index (χ0n) is 6.53. The van der Waals surface area contributed by atoms with Gasteiger partial charge in [-0.05, 0) is 6.92 Å². The van der Waals surface area contributed by atoms with Crippen LogP contribution in [0.25, 0.3) is 0 Å². The summed E-state index contributed by atoms with van der Waals surface area (Å²) in [4.78, 5) is 11.2. The zero-order valence-corrected chi connectivity index (χ0v) is 7.34. The summed E-state index contributed by atoms with van der Waals surface area (Å²) in [6.07, 6.45) is 0. The van der Waals surface area contributed by atoms with Crippen LogP contribution in [0.2, 0.25) is 0 Å². The second kappa shape index (κ2) is 4.95. The maximum Gasteiger partial charge on any atom is 0.246 e. The molecule has 0 unspecified atom stereocenters. The summed E-state index contributed by atoms with van der Waals surface area (Å²) in [5, 5.41) is -0.0840. The number of hydrogen-bond acceptors (Lipinski definition) is 3. The smallest absolute Gasteiger partial charge is 0.246 e. The highest BCUT2D eigenvalue weighted by molar-refractivity contribution is 8.10. The zero-order chi connectivity index (χ0) is 8.81. The van der Waals surface area contributed by atoms with Crippen LogP contribution < -0.4 is 0 Å². The van der Waals surface area contributed by atoms with Crippen molar-refractivity contribution in [1.29, 1.82) is 0 Å². The van der Waals surface area contributed by atoms with E-state index in [1.54, 1.807) is 12.1 Å². The number of benzene rings is 1. The van der Waals surface area contributed by atoms with Gasteiger partial charge in [-0.2, -0.15) is 0 Å². The van der Waals surface area contributed by atoms with Gasteiger partial charge in [0.1, 0.15) is 0 Å². The van der Waals surface area contributed by atoms with Gasteiger partial charge >= 0.3 is 0 Å². The van der Waals surface area contributed by atoms with Gasteiger partial charge in [0.15, 0.2) is 0 Å². The average Bonchev–Trinajstić information content (AvgIpc) is 2.15. The van der Waals surface area contributed by atoms with Crippen LogP contribution in [0.3, 0.4) is 0 Å². The number of carbonyl (C=O) groups is 1. The van der Waals surface area contributed by atoms with Crippen molar-refractivity contribution in [1.82, 2.24) is 0 Å². The molecule has 1 aromatic carbocycles. The molecule has 63 valence electrons. The van der Waals surface area contributed by atoms with E-state index in [0.29, 0.717) is 12.2 Å². The third-order valence-corrected chi connectivity index (χ3v) is 1.90. The van der Waals surface area contributed by atoms with Gasteiger partial charge in [0.05, 0.1) is 18.6 Å². The van der Waals surface area contributed by atoms with Crippen molar-refractivity contribution in [2.45, 2.75) is 0 Å². The fourth-order valence-corrected chi connectivity index (χ4v) is 1.14. The fourth-order valence-electron chi connectivity index (χ4n) is 0.718. The van der Waals surface area contributed by atoms with Gasteiger partial charge in [-0.15, -0.1) is 0 Å². The first kappa shape index (κ1) is 9.29. The topological polar surface area (TPSA) is 26.3 Å². The molecule has 0 saturated heterocycles. The Kier molecular flexibility index (Phi) is 3.84. The van der Waals surface area contributed by atoms with Crippen LogP contribution in [0.4, 0.5) is 0 Å². The van der Waals surface area contributed by atoms with Crippen molar-refractivity contribution in [3.8, 4) is 0 Å². The molecular formula is C9H9O2S. The van der Waals surface area contributed by atoms with E-state index in [1.807, 2.05) is 18.2 Å². The van der Waals surface area contributed by atoms with E-state index in [9.17, 15) is 4.79 Å². The second-order valence-electron chi connectivity index (χ2n) is 2.06. The SMILES string of the molecule is [CH2]COSC(=O)c1ccccc1. The van der Waals surface area contributed by atoms with Crippen LogP contribution in [0.15, 0.2) is 30.3 Å². The van der Waals surface area contributed by atoms with Crippen LogP contribution in [0.5, 0.6) is 0 Å². The molecule has 2 nitrogen and oxygen atoms in total. The van der Waals surface area contributed by atoms with Crippen LogP contribution in [0, 0.1) is 6.92 Å². The number of hydrogen-bond donors (Lipinski definition) is 0. The molecule has 3 heteroatoms. The highest BCUT2D eigenvalue weighted by Gasteiger charge is 2.04. The molecule has 0 amide bonds. The van der Waals surface area contributed by atoms with Crippen LogP contribution in [-0.2, 0) is 4.18 Å². The van der Waals surface area contributed by atoms with Crippen molar-refractivity contribution >= 4 is 17.2 Å². The van der Waals surface area contributed by atoms with Crippen LogP contribution in [0.1, 0.15) is 10.4 Å². The van der Waals surface area contributed by atoms with Crippen LogP contribution in [-0.4, -0.2) is 11.7 Å². The Hall–Kier alpha value is -0.800. The normalized spacial score (nSPS) is 9.75. The highest BCUT2D eigenvalue weighted by atomic mass is 32.2. The summed E-state index contributed by atoms with van der Waals surface area (Å²) < 4.78 is 4.81. The van der Waals surface area contributed by atoms with E-state index in [-0.39, 0.29) is 5.12 Å². The lowest BCUT2D eigenvalue weighted by Crippen LogP contribution is -1.93. The summed E-state index contributed by atoms with van der Waals surface area (Å²) in [5.41, 5.74) is 0.649. The predicted molar refractivity (Wildman–Crippen MR) is 49.7 cm³/mol. The van der Waals surface area contributed by atoms with E-state index in [4.69, 9.17) is 4.18 Å². The molecule has 0 N–H and O–H groups in total. The van der Waals surface area contributed by atoms with Gasteiger partial charge in [-0.1, -0.05) is 30.3 Å². The van der Waals surface area contributed by atoms with Crippen molar-refractivity contribution in [3.63, 3.8) is 0 Å². The minimum atomic E-state index is -0.0840. The second-order valence-corrected chi connectivity index (χ2v) is 2.83. The minimum Gasteiger partial charge on any atom is -0.308 e. The largest absolute Gasteiger partial charge is 0.308 e. The van der Waals surface area contributed by atoms with E-state index in [0.717, 1.165) is 12.0 Å². The van der Waals surface area contributed by atoms with Crippen molar-refractivity contribution in [3.05, 3.63) is 42.8 Å². The first-order chi connectivity index (χ1) is 5.84. The Morgan fingerprint density at radius 3 is 2.67 bits per heavy atom. The predicted octanol–water partition coefficient (Wildman–Crippen LogP) is 2.33. The van der Waals surface area contributed by atoms with Gasteiger partial charge in [0.25, 0.3) is 0 Å². The third kappa shape index (κ3) is 2.68. The quantitative estimate of drug-likeness (QED) is 0.669. The van der Waals surface area contributed by atoms with Gasteiger partial charge in [-0.25, -0.2) is 0 Å². The Labute approximate surface area is 76.1 Å². The number of rotatable bonds is 3. The molecule has 0 aliphatic heterocycles. The van der Waals surface area contributed by atoms with Gasteiger partial charge < -0.3 is 4.18 Å². The van der Waals surface area contributed by atoms with Gasteiger partial charge in [-0.3, -0.25) is 4.79 Å². The molecule has 0 aromatic heterocycles. The molecular weight excluding hydrogens is 172 g/mol. The van der Waals surface area contributed by atoms with E-state index >= 15 is 0 Å². The molecule has 1 radical (unpaired) electrons. The first-order valence-corrected chi connectivity index (χ1v) is 4.27. The lowest BCUT2D eigenvalue weighted by atomic mass is 10.2. The minimum absolute atomic E-state index is 0.0840. The maximum absolute atomic E-state index is 11.2. The Balaban J connectivity index is 2.54. The molecule has 0 saturated carbocycles. The van der Waals surface area contributed by atoms with Gasteiger partial charge in [0, 0.05) is 5.56 Å². The van der Waals surface area contributed by atoms with E-state index in [1.165, 1.54) is 0 Å². The summed E-state index contributed by atoms with van der Waals surface area (Å²) in [5.74, 6) is 0. The van der Waals surface area contributed by atoms with Crippen molar-refractivity contribution in [2.24, 2.45) is 0 Å². The lowest BCUT2D eigenvalue weighted by molar-refractivity contribution is 0.108. The molecule has 0 bridgehead atoms. The number of carbonyl (C=O) groups excluding carboxylic acids is 1. The Bertz CT molecular complexity index is 246. The molecule has 0 spiro atoms. The summed E-state index contributed by atoms with van der Waals surface area (Å²) in [6, 6.07) is 9.00. The van der Waals surface area contributed by atoms with Crippen LogP contribution >= 0.6 is 12.0 Å². The summed E-state index contributed by atoms with van der Waals surface area (Å²) in [6.45, 7) is 3.75. The lowest BCUT2D eigenvalue weighted by Gasteiger charge is -1.97. The fraction of sp³-hybridized carbons (Fsp3) is 0.111. The summed E-state index contributed by atoms with van der Waals surface area (Å²) in [7, 11) is 0. The standard InChI is InChI=1S/C9H9O2S/c1-2-11-12-9(10)8-6-4-3-5-7-8/h3-7H,1-2H2. The van der Waals surface area contributed by atoms with E-state index in [2.05, 4.69) is 6.92 Å². The molecule has 0 fully saturated rings. The Morgan fingerprint density at radius 1 is 1.42 bits per heavy atom. The molecule has 0 aliphatic rings. The van der Waals surface area contributed by atoms with E-state index < -0.39 is 0 Å². The van der Waals surface area contributed by atoms with Crippen molar-refractivity contribution in [2.75, 3.05) is 6.61 Å². The van der Waals surface area contributed by atoms with Gasteiger partial charge in [0.2, 0.25) is 5.12 Å². The molecule has 0 atom stereocenters. The molecule has 1 aromatic rings. The highest BCUT2D eigenvalue weighted by Crippen LogP contribution is 2.12. The molecule has 0 aliphatic carbocycles. The first-order valence-electron chi connectivity index (χ1n) is 3.52. The molecule has 0 heterocycles.